The van der Waals surface area contributed by atoms with Crippen LogP contribution in [0, 0.1) is 24.7 Å². The minimum Gasteiger partial charge on any atom is -0.303 e. The van der Waals surface area contributed by atoms with Gasteiger partial charge in [0, 0.05) is 11.5 Å². The van der Waals surface area contributed by atoms with Crippen molar-refractivity contribution in [1.82, 2.24) is 4.90 Å². The molecular weight excluding hydrogens is 242 g/mol. The maximum atomic E-state index is 2.62. The van der Waals surface area contributed by atoms with Crippen LogP contribution in [0.25, 0.3) is 0 Å². The third kappa shape index (κ3) is 1.94. The van der Waals surface area contributed by atoms with Crippen LogP contribution < -0.4 is 0 Å². The molecule has 1 heteroatoms. The van der Waals surface area contributed by atoms with E-state index in [9.17, 15) is 0 Å². The molecule has 3 rings (SSSR count). The van der Waals surface area contributed by atoms with Gasteiger partial charge in [0.05, 0.1) is 0 Å². The number of hydrogen-bond acceptors (Lipinski definition) is 1. The standard InChI is InChI=1S/C19H29N/c1-13-7-6-8-17(11-13)19-9-10-20(5)18(16(19)4)15(3)14(2)12-19/h6-8,11,14-16,18H,9-10,12H2,1-5H3/t14?,15?,16-,18-,19-/m0/s1. The van der Waals surface area contributed by atoms with Crippen LogP contribution in [0.1, 0.15) is 44.7 Å². The fourth-order valence-corrected chi connectivity index (χ4v) is 5.18. The van der Waals surface area contributed by atoms with E-state index >= 15 is 0 Å². The molecule has 2 unspecified atom stereocenters. The molecule has 1 heterocycles. The molecule has 2 bridgehead atoms. The fourth-order valence-electron chi connectivity index (χ4n) is 5.18. The van der Waals surface area contributed by atoms with Gasteiger partial charge in [-0.1, -0.05) is 50.6 Å². The van der Waals surface area contributed by atoms with Crippen molar-refractivity contribution in [3.63, 3.8) is 0 Å². The molecule has 2 fully saturated rings. The van der Waals surface area contributed by atoms with Crippen LogP contribution in [0.2, 0.25) is 0 Å². The van der Waals surface area contributed by atoms with Crippen molar-refractivity contribution in [1.29, 1.82) is 0 Å². The van der Waals surface area contributed by atoms with Gasteiger partial charge in [0.2, 0.25) is 0 Å². The van der Waals surface area contributed by atoms with E-state index in [4.69, 9.17) is 0 Å². The van der Waals surface area contributed by atoms with E-state index < -0.39 is 0 Å². The molecule has 2 aliphatic rings. The first kappa shape index (κ1) is 14.1. The van der Waals surface area contributed by atoms with Crippen molar-refractivity contribution >= 4 is 0 Å². The molecule has 1 saturated heterocycles. The largest absolute Gasteiger partial charge is 0.303 e. The lowest BCUT2D eigenvalue weighted by Crippen LogP contribution is -2.61. The van der Waals surface area contributed by atoms with E-state index in [0.717, 1.165) is 23.8 Å². The van der Waals surface area contributed by atoms with Crippen LogP contribution in [-0.2, 0) is 5.41 Å². The van der Waals surface area contributed by atoms with Crippen molar-refractivity contribution in [3.8, 4) is 0 Å². The molecule has 0 N–H and O–H groups in total. The Morgan fingerprint density at radius 3 is 2.65 bits per heavy atom. The SMILES string of the molecule is Cc1cccc([C@@]23CCN(C)[C@@H](C(C)C(C)C2)[C@@H]3C)c1. The first-order valence-corrected chi connectivity index (χ1v) is 8.23. The molecule has 1 aromatic carbocycles. The summed E-state index contributed by atoms with van der Waals surface area (Å²) in [5, 5.41) is 0. The van der Waals surface area contributed by atoms with Gasteiger partial charge in [0.15, 0.2) is 0 Å². The van der Waals surface area contributed by atoms with Gasteiger partial charge in [0.1, 0.15) is 0 Å². The Morgan fingerprint density at radius 1 is 1.20 bits per heavy atom. The van der Waals surface area contributed by atoms with Gasteiger partial charge in [-0.15, -0.1) is 0 Å². The molecular formula is C19H29N. The summed E-state index contributed by atoms with van der Waals surface area (Å²) in [6, 6.07) is 10.1. The number of fused-ring (bicyclic) bond motifs is 2. The molecule has 1 saturated carbocycles. The second kappa shape index (κ2) is 4.87. The zero-order valence-electron chi connectivity index (χ0n) is 13.7. The number of likely N-dealkylation sites (tertiary alicyclic amines) is 1. The third-order valence-electron chi connectivity index (χ3n) is 6.52. The van der Waals surface area contributed by atoms with E-state index in [1.807, 2.05) is 0 Å². The number of hydrogen-bond donors (Lipinski definition) is 0. The Balaban J connectivity index is 2.07. The predicted molar refractivity (Wildman–Crippen MR) is 86.0 cm³/mol. The monoisotopic (exact) mass is 271 g/mol. The third-order valence-corrected chi connectivity index (χ3v) is 6.52. The van der Waals surface area contributed by atoms with E-state index in [-0.39, 0.29) is 0 Å². The van der Waals surface area contributed by atoms with Crippen molar-refractivity contribution in [2.24, 2.45) is 17.8 Å². The van der Waals surface area contributed by atoms with Crippen LogP contribution in [0.4, 0.5) is 0 Å². The van der Waals surface area contributed by atoms with Gasteiger partial charge >= 0.3 is 0 Å². The summed E-state index contributed by atoms with van der Waals surface area (Å²) in [7, 11) is 2.33. The quantitative estimate of drug-likeness (QED) is 0.738. The second-order valence-corrected chi connectivity index (χ2v) is 7.58. The number of benzene rings is 1. The van der Waals surface area contributed by atoms with Gasteiger partial charge < -0.3 is 4.90 Å². The number of rotatable bonds is 1. The molecule has 110 valence electrons. The summed E-state index contributed by atoms with van der Waals surface area (Å²) in [6.45, 7) is 10.9. The van der Waals surface area contributed by atoms with E-state index in [1.54, 1.807) is 5.56 Å². The van der Waals surface area contributed by atoms with Gasteiger partial charge in [-0.25, -0.2) is 0 Å². The topological polar surface area (TPSA) is 3.24 Å². The van der Waals surface area contributed by atoms with Crippen molar-refractivity contribution in [2.45, 2.75) is 52.0 Å². The molecule has 1 aliphatic heterocycles. The molecule has 1 nitrogen and oxygen atoms in total. The van der Waals surface area contributed by atoms with Crippen LogP contribution in [0.3, 0.4) is 0 Å². The molecule has 0 aromatic heterocycles. The summed E-state index contributed by atoms with van der Waals surface area (Å²) in [4.78, 5) is 2.62. The van der Waals surface area contributed by atoms with E-state index in [1.165, 1.54) is 24.9 Å². The van der Waals surface area contributed by atoms with Crippen molar-refractivity contribution in [2.75, 3.05) is 13.6 Å². The molecule has 1 aromatic rings. The van der Waals surface area contributed by atoms with Gasteiger partial charge in [-0.05, 0) is 56.7 Å². The maximum Gasteiger partial charge on any atom is 0.0154 e. The average molecular weight is 271 g/mol. The molecule has 5 atom stereocenters. The lowest BCUT2D eigenvalue weighted by atomic mass is 9.52. The molecule has 0 radical (unpaired) electrons. The molecule has 0 spiro atoms. The first-order valence-electron chi connectivity index (χ1n) is 8.23. The smallest absolute Gasteiger partial charge is 0.0154 e. The fraction of sp³-hybridized carbons (Fsp3) is 0.684. The van der Waals surface area contributed by atoms with Gasteiger partial charge in [-0.2, -0.15) is 0 Å². The van der Waals surface area contributed by atoms with E-state index in [2.05, 4.69) is 63.9 Å². The normalized spacial score (nSPS) is 41.6. The average Bonchev–Trinajstić information content (AvgIpc) is 2.41. The van der Waals surface area contributed by atoms with Gasteiger partial charge in [-0.3, -0.25) is 0 Å². The highest BCUT2D eigenvalue weighted by Gasteiger charge is 2.53. The highest BCUT2D eigenvalue weighted by atomic mass is 15.2. The van der Waals surface area contributed by atoms with Gasteiger partial charge in [0.25, 0.3) is 0 Å². The first-order chi connectivity index (χ1) is 9.45. The Morgan fingerprint density at radius 2 is 1.95 bits per heavy atom. The number of nitrogens with zero attached hydrogens (tertiary/aromatic N) is 1. The summed E-state index contributed by atoms with van der Waals surface area (Å²) in [6.07, 6.45) is 2.69. The Kier molecular flexibility index (Phi) is 3.44. The summed E-state index contributed by atoms with van der Waals surface area (Å²) >= 11 is 0. The summed E-state index contributed by atoms with van der Waals surface area (Å²) in [5.74, 6) is 2.39. The summed E-state index contributed by atoms with van der Waals surface area (Å²) in [5.41, 5.74) is 3.42. The van der Waals surface area contributed by atoms with Crippen LogP contribution in [-0.4, -0.2) is 24.5 Å². The minimum absolute atomic E-state index is 0.412. The Bertz CT molecular complexity index is 494. The van der Waals surface area contributed by atoms with Crippen LogP contribution in [0.15, 0.2) is 24.3 Å². The number of aryl methyl sites for hydroxylation is 1. The highest BCUT2D eigenvalue weighted by molar-refractivity contribution is 5.33. The van der Waals surface area contributed by atoms with Crippen molar-refractivity contribution in [3.05, 3.63) is 35.4 Å². The Labute approximate surface area is 124 Å². The number of piperidine rings is 1. The minimum atomic E-state index is 0.412. The lowest BCUT2D eigenvalue weighted by molar-refractivity contribution is -0.0458. The van der Waals surface area contributed by atoms with Crippen LogP contribution in [0.5, 0.6) is 0 Å². The second-order valence-electron chi connectivity index (χ2n) is 7.58. The zero-order valence-corrected chi connectivity index (χ0v) is 13.7. The van der Waals surface area contributed by atoms with Crippen LogP contribution >= 0.6 is 0 Å². The predicted octanol–water partition coefficient (Wildman–Crippen LogP) is 4.25. The molecule has 0 amide bonds. The van der Waals surface area contributed by atoms with E-state index in [0.29, 0.717) is 5.41 Å². The van der Waals surface area contributed by atoms with Crippen molar-refractivity contribution < 1.29 is 0 Å². The molecule has 1 aliphatic carbocycles. The molecule has 20 heavy (non-hydrogen) atoms. The maximum absolute atomic E-state index is 2.62. The Hall–Kier alpha value is -0.820. The zero-order chi connectivity index (χ0) is 14.5. The highest BCUT2D eigenvalue weighted by Crippen LogP contribution is 2.54. The summed E-state index contributed by atoms with van der Waals surface area (Å²) < 4.78 is 0. The lowest BCUT2D eigenvalue weighted by Gasteiger charge is -2.59.